The first-order valence-corrected chi connectivity index (χ1v) is 8.17. The summed E-state index contributed by atoms with van der Waals surface area (Å²) < 4.78 is 0. The van der Waals surface area contributed by atoms with Gasteiger partial charge in [0.1, 0.15) is 0 Å². The van der Waals surface area contributed by atoms with E-state index in [2.05, 4.69) is 57.2 Å². The molecule has 2 fully saturated rings. The van der Waals surface area contributed by atoms with Gasteiger partial charge in [-0.15, -0.1) is 0 Å². The van der Waals surface area contributed by atoms with E-state index >= 15 is 0 Å². The molecule has 0 aliphatic heterocycles. The first-order chi connectivity index (χ1) is 9.68. The smallest absolute Gasteiger partial charge is 0.00269 e. The topological polar surface area (TPSA) is 0 Å². The molecule has 0 amide bonds. The molecule has 2 aliphatic carbocycles. The quantitative estimate of drug-likeness (QED) is 0.675. The van der Waals surface area contributed by atoms with Crippen LogP contribution in [0.25, 0.3) is 10.8 Å². The minimum atomic E-state index is 0.524. The van der Waals surface area contributed by atoms with Gasteiger partial charge >= 0.3 is 0 Å². The number of fused-ring (bicyclic) bond motifs is 2. The predicted octanol–water partition coefficient (Wildman–Crippen LogP) is 5.62. The highest BCUT2D eigenvalue weighted by molar-refractivity contribution is 5.90. The van der Waals surface area contributed by atoms with E-state index in [1.807, 2.05) is 0 Å². The van der Waals surface area contributed by atoms with Gasteiger partial charge in [0.05, 0.1) is 0 Å². The van der Waals surface area contributed by atoms with Gasteiger partial charge in [0.15, 0.2) is 0 Å². The largest absolute Gasteiger partial charge is 0.0651 e. The van der Waals surface area contributed by atoms with Crippen LogP contribution in [-0.2, 0) is 5.41 Å². The highest BCUT2D eigenvalue weighted by atomic mass is 14.8. The highest BCUT2D eigenvalue weighted by Crippen LogP contribution is 2.83. The normalized spacial score (nSPS) is 34.6. The van der Waals surface area contributed by atoms with Gasteiger partial charge in [0.2, 0.25) is 0 Å². The maximum absolute atomic E-state index is 2.43. The number of benzene rings is 2. The van der Waals surface area contributed by atoms with Crippen LogP contribution in [0.15, 0.2) is 36.4 Å². The molecular weight excluding hydrogens is 240 g/mol. The molecule has 2 saturated carbocycles. The number of hydrogen-bond acceptors (Lipinski definition) is 0. The molecule has 3 atom stereocenters. The molecule has 0 radical (unpaired) electrons. The maximum Gasteiger partial charge on any atom is 0.00269 e. The van der Waals surface area contributed by atoms with Crippen molar-refractivity contribution >= 4 is 10.8 Å². The van der Waals surface area contributed by atoms with E-state index in [4.69, 9.17) is 0 Å². The lowest BCUT2D eigenvalue weighted by atomic mass is 9.59. The van der Waals surface area contributed by atoms with E-state index in [1.54, 1.807) is 5.56 Å². The van der Waals surface area contributed by atoms with E-state index in [-0.39, 0.29) is 0 Å². The van der Waals surface area contributed by atoms with Crippen molar-refractivity contribution in [3.8, 4) is 0 Å². The van der Waals surface area contributed by atoms with Gasteiger partial charge in [0.25, 0.3) is 0 Å². The first-order valence-electron chi connectivity index (χ1n) is 8.17. The van der Waals surface area contributed by atoms with Crippen LogP contribution in [0.1, 0.15) is 50.7 Å². The van der Waals surface area contributed by atoms with Crippen LogP contribution in [-0.4, -0.2) is 0 Å². The van der Waals surface area contributed by atoms with Crippen molar-refractivity contribution < 1.29 is 0 Å². The monoisotopic (exact) mass is 264 g/mol. The summed E-state index contributed by atoms with van der Waals surface area (Å²) in [5.41, 5.74) is 4.22. The highest BCUT2D eigenvalue weighted by Gasteiger charge is 2.77. The zero-order valence-corrected chi connectivity index (χ0v) is 12.9. The molecule has 104 valence electrons. The van der Waals surface area contributed by atoms with Crippen LogP contribution in [0, 0.1) is 18.3 Å². The Labute approximate surface area is 122 Å². The van der Waals surface area contributed by atoms with E-state index in [0.717, 1.165) is 5.92 Å². The number of aryl methyl sites for hydroxylation is 1. The maximum atomic E-state index is 2.43. The molecule has 2 aromatic carbocycles. The standard InChI is InChI=1S/C20H24/c1-4-15-12-20(13-19(15,20)5-2)18-11-10-14(3)16-8-6-7-9-17(16)18/h6-11,15H,4-5,12-13H2,1-3H3. The molecule has 0 aromatic heterocycles. The van der Waals surface area contributed by atoms with Crippen molar-refractivity contribution in [2.24, 2.45) is 11.3 Å². The van der Waals surface area contributed by atoms with Gasteiger partial charge in [-0.2, -0.15) is 0 Å². The van der Waals surface area contributed by atoms with Gasteiger partial charge in [0, 0.05) is 5.41 Å². The molecule has 0 bridgehead atoms. The molecule has 0 heteroatoms. The fourth-order valence-electron chi connectivity index (χ4n) is 5.42. The average Bonchev–Trinajstić information content (AvgIpc) is 3.01. The van der Waals surface area contributed by atoms with Crippen molar-refractivity contribution in [3.05, 3.63) is 47.5 Å². The Hall–Kier alpha value is -1.30. The Balaban J connectivity index is 1.88. The summed E-state index contributed by atoms with van der Waals surface area (Å²) in [7, 11) is 0. The average molecular weight is 264 g/mol. The van der Waals surface area contributed by atoms with E-state index in [0.29, 0.717) is 10.8 Å². The van der Waals surface area contributed by atoms with Crippen molar-refractivity contribution in [3.63, 3.8) is 0 Å². The second-order valence-electron chi connectivity index (χ2n) is 7.05. The third-order valence-corrected chi connectivity index (χ3v) is 6.60. The van der Waals surface area contributed by atoms with Gasteiger partial charge in [-0.1, -0.05) is 56.7 Å². The molecule has 20 heavy (non-hydrogen) atoms. The summed E-state index contributed by atoms with van der Waals surface area (Å²) in [5.74, 6) is 0.965. The molecule has 0 spiro atoms. The Morgan fingerprint density at radius 1 is 1.05 bits per heavy atom. The van der Waals surface area contributed by atoms with Gasteiger partial charge in [-0.3, -0.25) is 0 Å². The lowest BCUT2D eigenvalue weighted by Crippen LogP contribution is -2.38. The summed E-state index contributed by atoms with van der Waals surface area (Å²) >= 11 is 0. The molecule has 0 N–H and O–H groups in total. The van der Waals surface area contributed by atoms with Crippen LogP contribution >= 0.6 is 0 Å². The second kappa shape index (κ2) is 3.87. The first kappa shape index (κ1) is 12.4. The number of hydrogen-bond donors (Lipinski definition) is 0. The SMILES string of the molecule is CCC1CC2(c3ccc(C)c4ccccc34)CC12CC. The van der Waals surface area contributed by atoms with Gasteiger partial charge in [-0.25, -0.2) is 0 Å². The third-order valence-electron chi connectivity index (χ3n) is 6.60. The molecular formula is C20H24. The Bertz CT molecular complexity index is 679. The van der Waals surface area contributed by atoms with Crippen molar-refractivity contribution in [2.75, 3.05) is 0 Å². The van der Waals surface area contributed by atoms with Crippen LogP contribution in [0.3, 0.4) is 0 Å². The van der Waals surface area contributed by atoms with Crippen molar-refractivity contribution in [2.45, 2.75) is 51.9 Å². The fourth-order valence-corrected chi connectivity index (χ4v) is 5.42. The third kappa shape index (κ3) is 1.24. The number of rotatable bonds is 3. The summed E-state index contributed by atoms with van der Waals surface area (Å²) in [6.07, 6.45) is 5.57. The van der Waals surface area contributed by atoms with Crippen molar-refractivity contribution in [1.29, 1.82) is 0 Å². The van der Waals surface area contributed by atoms with Crippen LogP contribution < -0.4 is 0 Å². The zero-order chi connectivity index (χ0) is 14.0. The van der Waals surface area contributed by atoms with Gasteiger partial charge in [-0.05, 0) is 59.4 Å². The minimum Gasteiger partial charge on any atom is -0.0651 e. The van der Waals surface area contributed by atoms with Crippen LogP contribution in [0.5, 0.6) is 0 Å². The molecule has 0 saturated heterocycles. The predicted molar refractivity (Wildman–Crippen MR) is 86.1 cm³/mol. The molecule has 2 aromatic rings. The Morgan fingerprint density at radius 2 is 1.80 bits per heavy atom. The van der Waals surface area contributed by atoms with E-state index in [1.165, 1.54) is 42.0 Å². The lowest BCUT2D eigenvalue weighted by Gasteiger charge is -2.44. The second-order valence-corrected chi connectivity index (χ2v) is 7.05. The zero-order valence-electron chi connectivity index (χ0n) is 12.9. The molecule has 3 unspecified atom stereocenters. The van der Waals surface area contributed by atoms with Crippen molar-refractivity contribution in [1.82, 2.24) is 0 Å². The summed E-state index contributed by atoms with van der Waals surface area (Å²) in [6, 6.07) is 13.8. The Morgan fingerprint density at radius 3 is 2.50 bits per heavy atom. The molecule has 2 aliphatic rings. The van der Waals surface area contributed by atoms with Crippen LogP contribution in [0.4, 0.5) is 0 Å². The van der Waals surface area contributed by atoms with E-state index in [9.17, 15) is 0 Å². The van der Waals surface area contributed by atoms with Gasteiger partial charge < -0.3 is 0 Å². The summed E-state index contributed by atoms with van der Waals surface area (Å²) in [6.45, 7) is 7.01. The summed E-state index contributed by atoms with van der Waals surface area (Å²) in [5, 5.41) is 2.97. The Kier molecular flexibility index (Phi) is 2.41. The molecule has 0 nitrogen and oxygen atoms in total. The fraction of sp³-hybridized carbons (Fsp3) is 0.500. The summed E-state index contributed by atoms with van der Waals surface area (Å²) in [4.78, 5) is 0. The van der Waals surface area contributed by atoms with E-state index < -0.39 is 0 Å². The van der Waals surface area contributed by atoms with Crippen LogP contribution in [0.2, 0.25) is 0 Å². The lowest BCUT2D eigenvalue weighted by molar-refractivity contribution is 0.117. The minimum absolute atomic E-state index is 0.524. The molecule has 0 heterocycles. The molecule has 4 rings (SSSR count).